The van der Waals surface area contributed by atoms with Crippen LogP contribution in [0.15, 0.2) is 158 Å². The Hall–Kier alpha value is -6.65. The summed E-state index contributed by atoms with van der Waals surface area (Å²) >= 11 is 0. The van der Waals surface area contributed by atoms with Gasteiger partial charge in [0.2, 0.25) is 0 Å². The van der Waals surface area contributed by atoms with Crippen LogP contribution in [0.2, 0.25) is 0 Å². The summed E-state index contributed by atoms with van der Waals surface area (Å²) in [5.41, 5.74) is 11.4. The molecule has 4 nitrogen and oxygen atoms in total. The maximum atomic E-state index is 5.60. The van der Waals surface area contributed by atoms with Crippen molar-refractivity contribution in [3.63, 3.8) is 0 Å². The smallest absolute Gasteiger partial charge is 0.146 e. The number of benzene rings is 7. The van der Waals surface area contributed by atoms with Crippen LogP contribution in [0, 0.1) is 0 Å². The molecule has 4 heteroatoms. The first-order chi connectivity index (χ1) is 24.3. The highest BCUT2D eigenvalue weighted by atomic mass is 15.2. The molecule has 5 aromatic heterocycles. The zero-order valence-corrected chi connectivity index (χ0v) is 26.3. The third-order valence-electron chi connectivity index (χ3n) is 10.7. The van der Waals surface area contributed by atoms with Crippen molar-refractivity contribution in [1.29, 1.82) is 0 Å². The molecule has 0 unspecified atom stereocenters. The van der Waals surface area contributed by atoms with Gasteiger partial charge in [0.1, 0.15) is 5.65 Å². The molecule has 0 atom stereocenters. The quantitative estimate of drug-likeness (QED) is 0.196. The first-order valence-electron chi connectivity index (χ1n) is 16.8. The van der Waals surface area contributed by atoms with Crippen molar-refractivity contribution in [3.05, 3.63) is 158 Å². The molecule has 49 heavy (non-hydrogen) atoms. The summed E-state index contributed by atoms with van der Waals surface area (Å²) in [5, 5.41) is 11.1. The van der Waals surface area contributed by atoms with Crippen LogP contribution in [0.25, 0.3) is 87.2 Å². The predicted octanol–water partition coefficient (Wildman–Crippen LogP) is 12.0. The van der Waals surface area contributed by atoms with Gasteiger partial charge in [-0.25, -0.2) is 4.98 Å². The summed E-state index contributed by atoms with van der Waals surface area (Å²) in [6.07, 6.45) is 0. The predicted molar refractivity (Wildman–Crippen MR) is 206 cm³/mol. The van der Waals surface area contributed by atoms with Gasteiger partial charge in [0, 0.05) is 54.5 Å². The summed E-state index contributed by atoms with van der Waals surface area (Å²) in [4.78, 5) is 8.03. The summed E-state index contributed by atoms with van der Waals surface area (Å²) in [5.74, 6) is 0. The van der Waals surface area contributed by atoms with E-state index in [-0.39, 0.29) is 0 Å². The van der Waals surface area contributed by atoms with Gasteiger partial charge in [-0.3, -0.25) is 4.40 Å². The molecule has 0 amide bonds. The van der Waals surface area contributed by atoms with Gasteiger partial charge in [0.15, 0.2) is 0 Å². The second-order valence-corrected chi connectivity index (χ2v) is 13.2. The average molecular weight is 623 g/mol. The van der Waals surface area contributed by atoms with E-state index in [1.807, 2.05) is 0 Å². The van der Waals surface area contributed by atoms with Crippen LogP contribution < -0.4 is 4.90 Å². The van der Waals surface area contributed by atoms with Crippen LogP contribution >= 0.6 is 0 Å². The molecule has 0 spiro atoms. The molecule has 0 aliphatic carbocycles. The summed E-state index contributed by atoms with van der Waals surface area (Å²) in [7, 11) is 0. The van der Waals surface area contributed by atoms with Crippen molar-refractivity contribution in [3.8, 4) is 0 Å². The number of aromatic nitrogens is 3. The minimum absolute atomic E-state index is 1.01. The Morgan fingerprint density at radius 1 is 0.388 bits per heavy atom. The van der Waals surface area contributed by atoms with Gasteiger partial charge in [0.05, 0.1) is 38.8 Å². The van der Waals surface area contributed by atoms with Crippen molar-refractivity contribution in [2.75, 3.05) is 4.90 Å². The molecule has 0 fully saturated rings. The molecule has 0 aliphatic rings. The average Bonchev–Trinajstić information content (AvgIpc) is 3.88. The summed E-state index contributed by atoms with van der Waals surface area (Å²) < 4.78 is 4.89. The van der Waals surface area contributed by atoms with Crippen molar-refractivity contribution < 1.29 is 0 Å². The van der Waals surface area contributed by atoms with Gasteiger partial charge in [-0.15, -0.1) is 0 Å². The van der Waals surface area contributed by atoms with E-state index in [9.17, 15) is 0 Å². The first-order valence-corrected chi connectivity index (χ1v) is 16.8. The molecule has 12 rings (SSSR count). The van der Waals surface area contributed by atoms with E-state index < -0.39 is 0 Å². The zero-order valence-electron chi connectivity index (χ0n) is 26.3. The van der Waals surface area contributed by atoms with Gasteiger partial charge in [-0.2, -0.15) is 0 Å². The van der Waals surface area contributed by atoms with Gasteiger partial charge in [-0.1, -0.05) is 115 Å². The lowest BCUT2D eigenvalue weighted by atomic mass is 10.0. The standard InChI is InChI=1S/C45H26N4/c1-3-14-28(15-4-1)47(29-16-5-2-6-17-29)43-30-18-8-7-13-27(30)25-36-33-21-12-23-35-40-39(48(42(33)35)44(36)43)26-37-34-22-11-20-32-31-19-9-10-24-38(31)49(41(32)34)45(37)46-40/h1-26H. The summed E-state index contributed by atoms with van der Waals surface area (Å²) in [6, 6.07) is 57.3. The molecule has 0 radical (unpaired) electrons. The number of hydrogen-bond acceptors (Lipinski definition) is 2. The molecular formula is C45H26N4. The fraction of sp³-hybridized carbons (Fsp3) is 0. The first kappa shape index (κ1) is 25.4. The fourth-order valence-electron chi connectivity index (χ4n) is 8.77. The van der Waals surface area contributed by atoms with Gasteiger partial charge in [0.25, 0.3) is 0 Å². The number of para-hydroxylation sites is 5. The Morgan fingerprint density at radius 3 is 1.71 bits per heavy atom. The minimum Gasteiger partial charge on any atom is -0.308 e. The number of nitrogens with zero attached hydrogens (tertiary/aromatic N) is 4. The number of hydrogen-bond donors (Lipinski definition) is 0. The molecule has 12 aromatic rings. The van der Waals surface area contributed by atoms with Crippen LogP contribution in [0.4, 0.5) is 17.1 Å². The van der Waals surface area contributed by atoms with E-state index in [1.54, 1.807) is 0 Å². The molecule has 0 bridgehead atoms. The molecule has 226 valence electrons. The Morgan fingerprint density at radius 2 is 0.959 bits per heavy atom. The molecule has 0 N–H and O–H groups in total. The number of pyridine rings is 1. The van der Waals surface area contributed by atoms with Gasteiger partial charge >= 0.3 is 0 Å². The van der Waals surface area contributed by atoms with E-state index in [0.717, 1.165) is 28.1 Å². The van der Waals surface area contributed by atoms with E-state index in [1.165, 1.54) is 76.2 Å². The minimum atomic E-state index is 1.01. The fourth-order valence-corrected chi connectivity index (χ4v) is 8.77. The largest absolute Gasteiger partial charge is 0.308 e. The Kier molecular flexibility index (Phi) is 4.69. The van der Waals surface area contributed by atoms with Crippen LogP contribution in [0.3, 0.4) is 0 Å². The number of rotatable bonds is 3. The lowest BCUT2D eigenvalue weighted by molar-refractivity contribution is 1.27. The van der Waals surface area contributed by atoms with E-state index in [2.05, 4.69) is 171 Å². The molecule has 0 aliphatic heterocycles. The van der Waals surface area contributed by atoms with Crippen molar-refractivity contribution in [1.82, 2.24) is 13.8 Å². The third-order valence-corrected chi connectivity index (χ3v) is 10.7. The van der Waals surface area contributed by atoms with Crippen LogP contribution in [0.5, 0.6) is 0 Å². The molecule has 0 saturated heterocycles. The highest BCUT2D eigenvalue weighted by Gasteiger charge is 2.27. The Balaban J connectivity index is 1.32. The van der Waals surface area contributed by atoms with Crippen LogP contribution in [-0.2, 0) is 0 Å². The Bertz CT molecular complexity index is 3220. The number of fused-ring (bicyclic) bond motifs is 13. The van der Waals surface area contributed by atoms with Gasteiger partial charge < -0.3 is 9.30 Å². The number of anilines is 3. The van der Waals surface area contributed by atoms with Crippen LogP contribution in [0.1, 0.15) is 0 Å². The molecule has 0 saturated carbocycles. The van der Waals surface area contributed by atoms with E-state index in [4.69, 9.17) is 4.98 Å². The van der Waals surface area contributed by atoms with Crippen molar-refractivity contribution >= 4 is 104 Å². The van der Waals surface area contributed by atoms with Crippen LogP contribution in [-0.4, -0.2) is 13.8 Å². The van der Waals surface area contributed by atoms with Crippen molar-refractivity contribution in [2.45, 2.75) is 0 Å². The third kappa shape index (κ3) is 3.12. The highest BCUT2D eigenvalue weighted by molar-refractivity contribution is 6.30. The normalized spacial score (nSPS) is 12.5. The maximum absolute atomic E-state index is 5.60. The van der Waals surface area contributed by atoms with E-state index >= 15 is 0 Å². The van der Waals surface area contributed by atoms with Gasteiger partial charge in [-0.05, 0) is 47.9 Å². The molecule has 7 aromatic carbocycles. The second-order valence-electron chi connectivity index (χ2n) is 13.2. The lowest BCUT2D eigenvalue weighted by Gasteiger charge is -2.28. The SMILES string of the molecule is c1ccc(N(c2ccccc2)c2c3ccccc3cc3c4cccc5c6nc7c(cc6n(c23)c45)c2cccc3c4ccccc4n7c32)cc1. The van der Waals surface area contributed by atoms with E-state index in [0.29, 0.717) is 0 Å². The maximum Gasteiger partial charge on any atom is 0.146 e. The lowest BCUT2D eigenvalue weighted by Crippen LogP contribution is -2.11. The van der Waals surface area contributed by atoms with Crippen molar-refractivity contribution in [2.24, 2.45) is 0 Å². The summed E-state index contributed by atoms with van der Waals surface area (Å²) in [6.45, 7) is 0. The topological polar surface area (TPSA) is 25.0 Å². The highest BCUT2D eigenvalue weighted by Crippen LogP contribution is 2.49. The monoisotopic (exact) mass is 622 g/mol. The Labute approximate surface area is 279 Å². The molecular weight excluding hydrogens is 597 g/mol. The second kappa shape index (κ2) is 9.03. The molecule has 5 heterocycles. The zero-order chi connectivity index (χ0) is 31.8.